The van der Waals surface area contributed by atoms with Gasteiger partial charge in [-0.3, -0.25) is 10.1 Å². The van der Waals surface area contributed by atoms with Gasteiger partial charge >= 0.3 is 0 Å². The van der Waals surface area contributed by atoms with Gasteiger partial charge < -0.3 is 9.47 Å². The summed E-state index contributed by atoms with van der Waals surface area (Å²) in [7, 11) is 3.30. The minimum absolute atomic E-state index is 0.122. The molecule has 5 nitrogen and oxygen atoms in total. The van der Waals surface area contributed by atoms with Crippen LogP contribution >= 0.6 is 34.9 Å². The van der Waals surface area contributed by atoms with Crippen molar-refractivity contribution in [2.24, 2.45) is 0 Å². The summed E-state index contributed by atoms with van der Waals surface area (Å²) in [5, 5.41) is 5.54. The van der Waals surface area contributed by atoms with Gasteiger partial charge in [-0.2, -0.15) is 11.8 Å². The van der Waals surface area contributed by atoms with Gasteiger partial charge in [0.1, 0.15) is 11.5 Å². The summed E-state index contributed by atoms with van der Waals surface area (Å²) in [5.41, 5.74) is 2.76. The number of anilines is 1. The number of ether oxygens (including phenoxy) is 2. The number of hydrogen-bond donors (Lipinski definition) is 1. The van der Waals surface area contributed by atoms with E-state index in [1.165, 1.54) is 11.3 Å². The lowest BCUT2D eigenvalue weighted by Crippen LogP contribution is -2.12. The third kappa shape index (κ3) is 6.17. The fourth-order valence-electron chi connectivity index (χ4n) is 2.75. The number of hydrogen-bond acceptors (Lipinski definition) is 7. The molecule has 0 aliphatic heterocycles. The van der Waals surface area contributed by atoms with E-state index in [2.05, 4.69) is 17.2 Å². The molecule has 8 heteroatoms. The third-order valence-electron chi connectivity index (χ3n) is 4.13. The van der Waals surface area contributed by atoms with Gasteiger partial charge in [-0.15, -0.1) is 23.1 Å². The van der Waals surface area contributed by atoms with Crippen molar-refractivity contribution in [3.8, 4) is 11.5 Å². The topological polar surface area (TPSA) is 60.5 Å². The Balaban J connectivity index is 1.56. The van der Waals surface area contributed by atoms with Crippen molar-refractivity contribution in [1.29, 1.82) is 0 Å². The predicted octanol–water partition coefficient (Wildman–Crippen LogP) is 5.96. The van der Waals surface area contributed by atoms with E-state index in [-0.39, 0.29) is 5.91 Å². The van der Waals surface area contributed by atoms with Crippen molar-refractivity contribution in [3.05, 3.63) is 64.7 Å². The van der Waals surface area contributed by atoms with E-state index in [1.807, 2.05) is 47.8 Å². The van der Waals surface area contributed by atoms with Gasteiger partial charge in [0.25, 0.3) is 5.91 Å². The lowest BCUT2D eigenvalue weighted by Gasteiger charge is -2.08. The summed E-state index contributed by atoms with van der Waals surface area (Å²) >= 11 is 4.86. The van der Waals surface area contributed by atoms with Crippen LogP contribution in [0.3, 0.4) is 0 Å². The molecule has 1 aromatic heterocycles. The lowest BCUT2D eigenvalue weighted by molar-refractivity contribution is 0.102. The number of benzene rings is 2. The summed E-state index contributed by atoms with van der Waals surface area (Å²) in [6.07, 6.45) is 0. The molecule has 0 aliphatic rings. The van der Waals surface area contributed by atoms with Gasteiger partial charge in [0.15, 0.2) is 5.13 Å². The Hall–Kier alpha value is -2.16. The summed E-state index contributed by atoms with van der Waals surface area (Å²) in [6.45, 7) is 2.08. The molecule has 1 N–H and O–H groups in total. The Bertz CT molecular complexity index is 969. The van der Waals surface area contributed by atoms with E-state index in [4.69, 9.17) is 9.47 Å². The maximum Gasteiger partial charge on any atom is 0.258 e. The quantitative estimate of drug-likeness (QED) is 0.377. The Morgan fingerprint density at radius 2 is 1.83 bits per heavy atom. The largest absolute Gasteiger partial charge is 0.497 e. The fourth-order valence-corrected chi connectivity index (χ4v) is 5.23. The summed E-state index contributed by atoms with van der Waals surface area (Å²) in [5.74, 6) is 3.93. The van der Waals surface area contributed by atoms with Gasteiger partial charge in [-0.05, 0) is 35.6 Å². The van der Waals surface area contributed by atoms with Crippen molar-refractivity contribution in [2.75, 3.05) is 25.3 Å². The van der Waals surface area contributed by atoms with Gasteiger partial charge in [-0.1, -0.05) is 19.1 Å². The SMILES string of the molecule is CCSc1ccccc1C(=O)Nc1nc(CSCc2cc(OC)cc(OC)c2)cs1. The normalized spacial score (nSPS) is 10.6. The smallest absolute Gasteiger partial charge is 0.258 e. The molecule has 0 aliphatic carbocycles. The van der Waals surface area contributed by atoms with Crippen molar-refractivity contribution in [2.45, 2.75) is 23.3 Å². The summed E-state index contributed by atoms with van der Waals surface area (Å²) in [4.78, 5) is 18.2. The van der Waals surface area contributed by atoms with Crippen molar-refractivity contribution in [1.82, 2.24) is 4.98 Å². The van der Waals surface area contributed by atoms with Crippen LogP contribution in [0, 0.1) is 0 Å². The molecule has 0 fully saturated rings. The number of thiazole rings is 1. The van der Waals surface area contributed by atoms with Gasteiger partial charge in [0.05, 0.1) is 25.5 Å². The second kappa shape index (κ2) is 11.3. The maximum absolute atomic E-state index is 12.7. The molecule has 2 aromatic carbocycles. The minimum Gasteiger partial charge on any atom is -0.497 e. The Labute approximate surface area is 189 Å². The van der Waals surface area contributed by atoms with E-state index < -0.39 is 0 Å². The zero-order valence-corrected chi connectivity index (χ0v) is 19.6. The Morgan fingerprint density at radius 3 is 2.53 bits per heavy atom. The molecule has 0 unspecified atom stereocenters. The van der Waals surface area contributed by atoms with Crippen LogP contribution in [0.25, 0.3) is 0 Å². The molecule has 158 valence electrons. The number of carbonyl (C=O) groups excluding carboxylic acids is 1. The summed E-state index contributed by atoms with van der Waals surface area (Å²) in [6, 6.07) is 13.5. The maximum atomic E-state index is 12.7. The number of nitrogens with zero attached hydrogens (tertiary/aromatic N) is 1. The monoisotopic (exact) mass is 460 g/mol. The third-order valence-corrected chi connectivity index (χ3v) is 6.93. The molecule has 0 saturated heterocycles. The van der Waals surface area contributed by atoms with Crippen molar-refractivity contribution >= 4 is 45.9 Å². The molecular weight excluding hydrogens is 436 g/mol. The minimum atomic E-state index is -0.122. The second-order valence-corrected chi connectivity index (χ2v) is 9.39. The highest BCUT2D eigenvalue weighted by Crippen LogP contribution is 2.28. The van der Waals surface area contributed by atoms with Crippen LogP contribution < -0.4 is 14.8 Å². The first-order valence-electron chi connectivity index (χ1n) is 9.40. The molecule has 0 atom stereocenters. The number of nitrogens with one attached hydrogen (secondary N) is 1. The zero-order chi connectivity index (χ0) is 21.3. The number of amides is 1. The lowest BCUT2D eigenvalue weighted by atomic mass is 10.2. The Morgan fingerprint density at radius 1 is 1.10 bits per heavy atom. The van der Waals surface area contributed by atoms with Crippen LogP contribution in [0.4, 0.5) is 5.13 Å². The first kappa shape index (κ1) is 22.5. The van der Waals surface area contributed by atoms with Gasteiger partial charge in [-0.25, -0.2) is 4.98 Å². The number of methoxy groups -OCH3 is 2. The first-order chi connectivity index (χ1) is 14.6. The highest BCUT2D eigenvalue weighted by molar-refractivity contribution is 7.99. The molecule has 1 heterocycles. The van der Waals surface area contributed by atoms with Crippen molar-refractivity contribution < 1.29 is 14.3 Å². The van der Waals surface area contributed by atoms with E-state index in [9.17, 15) is 4.79 Å². The molecule has 1 amide bonds. The molecule has 3 rings (SSSR count). The van der Waals surface area contributed by atoms with Crippen LogP contribution in [0.1, 0.15) is 28.5 Å². The molecule has 30 heavy (non-hydrogen) atoms. The molecule has 0 spiro atoms. The highest BCUT2D eigenvalue weighted by Gasteiger charge is 2.13. The predicted molar refractivity (Wildman–Crippen MR) is 127 cm³/mol. The van der Waals surface area contributed by atoms with E-state index in [0.717, 1.165) is 44.9 Å². The first-order valence-corrected chi connectivity index (χ1v) is 12.4. The van der Waals surface area contributed by atoms with Crippen LogP contribution in [-0.4, -0.2) is 30.9 Å². The highest BCUT2D eigenvalue weighted by atomic mass is 32.2. The molecule has 0 saturated carbocycles. The summed E-state index contributed by atoms with van der Waals surface area (Å²) < 4.78 is 10.6. The molecule has 0 radical (unpaired) electrons. The zero-order valence-electron chi connectivity index (χ0n) is 17.1. The number of aromatic nitrogens is 1. The Kier molecular flexibility index (Phi) is 8.48. The van der Waals surface area contributed by atoms with E-state index in [1.54, 1.807) is 37.7 Å². The number of rotatable bonds is 10. The standard InChI is InChI=1S/C22H24N2O3S3/c1-4-29-20-8-6-5-7-19(20)21(25)24-22-23-16(14-30-22)13-28-12-15-9-17(26-2)11-18(10-15)27-3/h5-11,14H,4,12-13H2,1-3H3,(H,23,24,25). The second-order valence-electron chi connectivity index (χ2n) is 6.24. The van der Waals surface area contributed by atoms with Gasteiger partial charge in [0, 0.05) is 27.8 Å². The van der Waals surface area contributed by atoms with Crippen LogP contribution in [0.2, 0.25) is 0 Å². The van der Waals surface area contributed by atoms with E-state index in [0.29, 0.717) is 10.7 Å². The average molecular weight is 461 g/mol. The van der Waals surface area contributed by atoms with Crippen LogP contribution in [0.15, 0.2) is 52.7 Å². The number of carbonyl (C=O) groups is 1. The van der Waals surface area contributed by atoms with Gasteiger partial charge in [0.2, 0.25) is 0 Å². The van der Waals surface area contributed by atoms with Crippen LogP contribution in [-0.2, 0) is 11.5 Å². The van der Waals surface area contributed by atoms with Crippen LogP contribution in [0.5, 0.6) is 11.5 Å². The fraction of sp³-hybridized carbons (Fsp3) is 0.273. The molecular formula is C22H24N2O3S3. The number of thioether (sulfide) groups is 2. The molecule has 0 bridgehead atoms. The van der Waals surface area contributed by atoms with E-state index >= 15 is 0 Å². The average Bonchev–Trinajstić information content (AvgIpc) is 3.21. The van der Waals surface area contributed by atoms with Crippen molar-refractivity contribution in [3.63, 3.8) is 0 Å². The molecule has 3 aromatic rings.